The van der Waals surface area contributed by atoms with E-state index in [1.54, 1.807) is 25.1 Å². The molecule has 2 N–H and O–H groups in total. The average molecular weight is 265 g/mol. The highest BCUT2D eigenvalue weighted by molar-refractivity contribution is 5.95. The van der Waals surface area contributed by atoms with E-state index in [-0.39, 0.29) is 5.78 Å². The van der Waals surface area contributed by atoms with Gasteiger partial charge in [0.2, 0.25) is 0 Å². The van der Waals surface area contributed by atoms with Gasteiger partial charge in [0.05, 0.1) is 0 Å². The van der Waals surface area contributed by atoms with Gasteiger partial charge in [0.25, 0.3) is 0 Å². The smallest absolute Gasteiger partial charge is 0.323 e. The van der Waals surface area contributed by atoms with Crippen LogP contribution < -0.4 is 4.90 Å². The zero-order valence-corrected chi connectivity index (χ0v) is 10.7. The summed E-state index contributed by atoms with van der Waals surface area (Å²) >= 11 is 0. The fourth-order valence-electron chi connectivity index (χ4n) is 1.78. The molecule has 0 heterocycles. The molecular weight excluding hydrogens is 250 g/mol. The van der Waals surface area contributed by atoms with Crippen LogP contribution >= 0.6 is 0 Å². The van der Waals surface area contributed by atoms with Crippen molar-refractivity contribution in [2.75, 3.05) is 18.0 Å². The molecule has 6 nitrogen and oxygen atoms in total. The Hall–Kier alpha value is -2.37. The number of aliphatic carboxylic acids is 2. The number of nitrogens with zero attached hydrogens (tertiary/aromatic N) is 1. The van der Waals surface area contributed by atoms with Gasteiger partial charge >= 0.3 is 11.9 Å². The lowest BCUT2D eigenvalue weighted by Crippen LogP contribution is -2.34. The molecule has 0 aliphatic carbocycles. The predicted octanol–water partition coefficient (Wildman–Crippen LogP) is 1.17. The summed E-state index contributed by atoms with van der Waals surface area (Å²) in [5.41, 5.74) is 1.66. The Morgan fingerprint density at radius 2 is 1.63 bits per heavy atom. The molecule has 0 radical (unpaired) electrons. The van der Waals surface area contributed by atoms with E-state index < -0.39 is 25.0 Å². The molecule has 0 aromatic heterocycles. The summed E-state index contributed by atoms with van der Waals surface area (Å²) in [5, 5.41) is 17.6. The maximum atomic E-state index is 11.2. The number of aryl methyl sites for hydroxylation is 1. The SMILES string of the molecule is CC(=O)c1ccc(N(CC(=O)O)CC(=O)O)c(C)c1. The van der Waals surface area contributed by atoms with E-state index in [0.29, 0.717) is 16.8 Å². The van der Waals surface area contributed by atoms with E-state index >= 15 is 0 Å². The minimum absolute atomic E-state index is 0.0994. The first-order valence-corrected chi connectivity index (χ1v) is 5.61. The highest BCUT2D eigenvalue weighted by Gasteiger charge is 2.16. The molecule has 0 unspecified atom stereocenters. The molecule has 19 heavy (non-hydrogen) atoms. The fraction of sp³-hybridized carbons (Fsp3) is 0.308. The molecule has 1 aromatic rings. The Balaban J connectivity index is 3.11. The molecular formula is C13H15NO5. The van der Waals surface area contributed by atoms with Crippen molar-refractivity contribution in [2.24, 2.45) is 0 Å². The maximum absolute atomic E-state index is 11.2. The largest absolute Gasteiger partial charge is 0.480 e. The van der Waals surface area contributed by atoms with Gasteiger partial charge in [0.15, 0.2) is 5.78 Å². The summed E-state index contributed by atoms with van der Waals surface area (Å²) in [4.78, 5) is 34.0. The third kappa shape index (κ3) is 4.09. The van der Waals surface area contributed by atoms with Gasteiger partial charge in [-0.1, -0.05) is 0 Å². The lowest BCUT2D eigenvalue weighted by Gasteiger charge is -2.23. The van der Waals surface area contributed by atoms with Crippen LogP contribution in [0.15, 0.2) is 18.2 Å². The lowest BCUT2D eigenvalue weighted by atomic mass is 10.1. The minimum atomic E-state index is -1.11. The van der Waals surface area contributed by atoms with Crippen molar-refractivity contribution in [1.82, 2.24) is 0 Å². The fourth-order valence-corrected chi connectivity index (χ4v) is 1.78. The van der Waals surface area contributed by atoms with Gasteiger partial charge in [0, 0.05) is 11.3 Å². The third-order valence-corrected chi connectivity index (χ3v) is 2.60. The lowest BCUT2D eigenvalue weighted by molar-refractivity contribution is -0.136. The molecule has 0 aliphatic rings. The number of carboxylic acids is 2. The van der Waals surface area contributed by atoms with Crippen LogP contribution in [0.2, 0.25) is 0 Å². The third-order valence-electron chi connectivity index (χ3n) is 2.60. The highest BCUT2D eigenvalue weighted by Crippen LogP contribution is 2.21. The standard InChI is InChI=1S/C13H15NO5/c1-8-5-10(9(2)15)3-4-11(8)14(6-12(16)17)7-13(18)19/h3-5H,6-7H2,1-2H3,(H,16,17)(H,18,19). The van der Waals surface area contributed by atoms with Gasteiger partial charge in [0.1, 0.15) is 13.1 Å². The molecule has 6 heteroatoms. The van der Waals surface area contributed by atoms with Gasteiger partial charge in [-0.25, -0.2) is 0 Å². The number of carboxylic acid groups (broad SMARTS) is 2. The van der Waals surface area contributed by atoms with Crippen molar-refractivity contribution in [1.29, 1.82) is 0 Å². The Morgan fingerprint density at radius 3 is 2.00 bits per heavy atom. The van der Waals surface area contributed by atoms with Crippen molar-refractivity contribution in [3.05, 3.63) is 29.3 Å². The van der Waals surface area contributed by atoms with Crippen molar-refractivity contribution >= 4 is 23.4 Å². The van der Waals surface area contributed by atoms with Gasteiger partial charge in [-0.05, 0) is 37.6 Å². The first-order valence-electron chi connectivity index (χ1n) is 5.61. The Kier molecular flexibility index (Phi) is 4.63. The van der Waals surface area contributed by atoms with Crippen LogP contribution in [0.25, 0.3) is 0 Å². The minimum Gasteiger partial charge on any atom is -0.480 e. The average Bonchev–Trinajstić information content (AvgIpc) is 2.26. The zero-order chi connectivity index (χ0) is 14.6. The van der Waals surface area contributed by atoms with Crippen LogP contribution in [0.1, 0.15) is 22.8 Å². The van der Waals surface area contributed by atoms with Gasteiger partial charge in [-0.15, -0.1) is 0 Å². The molecule has 0 saturated carbocycles. The number of ketones is 1. The number of carbonyl (C=O) groups excluding carboxylic acids is 1. The Bertz CT molecular complexity index is 508. The van der Waals surface area contributed by atoms with Crippen LogP contribution in [0.3, 0.4) is 0 Å². The number of carbonyl (C=O) groups is 3. The molecule has 0 amide bonds. The maximum Gasteiger partial charge on any atom is 0.323 e. The molecule has 1 aromatic carbocycles. The van der Waals surface area contributed by atoms with Crippen molar-refractivity contribution in [3.63, 3.8) is 0 Å². The van der Waals surface area contributed by atoms with Crippen LogP contribution in [0.5, 0.6) is 0 Å². The molecule has 0 fully saturated rings. The Labute approximate surface area is 110 Å². The second-order valence-corrected chi connectivity index (χ2v) is 4.20. The number of benzene rings is 1. The van der Waals surface area contributed by atoms with Crippen LogP contribution in [-0.4, -0.2) is 41.0 Å². The number of hydrogen-bond acceptors (Lipinski definition) is 4. The molecule has 1 rings (SSSR count). The first kappa shape index (κ1) is 14.7. The van der Waals surface area contributed by atoms with Gasteiger partial charge in [-0.2, -0.15) is 0 Å². The molecule has 0 saturated heterocycles. The highest BCUT2D eigenvalue weighted by atomic mass is 16.4. The molecule has 102 valence electrons. The van der Waals surface area contributed by atoms with Crippen LogP contribution in [-0.2, 0) is 9.59 Å². The van der Waals surface area contributed by atoms with Crippen molar-refractivity contribution in [2.45, 2.75) is 13.8 Å². The van der Waals surface area contributed by atoms with Crippen LogP contribution in [0, 0.1) is 6.92 Å². The van der Waals surface area contributed by atoms with Crippen molar-refractivity contribution in [3.8, 4) is 0 Å². The number of anilines is 1. The molecule has 0 bridgehead atoms. The van der Waals surface area contributed by atoms with E-state index in [1.165, 1.54) is 11.8 Å². The number of Topliss-reactive ketones (excluding diaryl/α,β-unsaturated/α-hetero) is 1. The Morgan fingerprint density at radius 1 is 1.11 bits per heavy atom. The second kappa shape index (κ2) is 5.99. The molecule has 0 spiro atoms. The summed E-state index contributed by atoms with van der Waals surface area (Å²) in [6.07, 6.45) is 0. The summed E-state index contributed by atoms with van der Waals surface area (Å²) < 4.78 is 0. The summed E-state index contributed by atoms with van der Waals surface area (Å²) in [7, 11) is 0. The van der Waals surface area contributed by atoms with E-state index in [1.807, 2.05) is 0 Å². The topological polar surface area (TPSA) is 94.9 Å². The molecule has 0 aliphatic heterocycles. The monoisotopic (exact) mass is 265 g/mol. The molecule has 0 atom stereocenters. The van der Waals surface area contributed by atoms with Gasteiger partial charge in [-0.3, -0.25) is 14.4 Å². The quantitative estimate of drug-likeness (QED) is 0.750. The van der Waals surface area contributed by atoms with Crippen LogP contribution in [0.4, 0.5) is 5.69 Å². The normalized spacial score (nSPS) is 10.0. The van der Waals surface area contributed by atoms with E-state index in [2.05, 4.69) is 0 Å². The second-order valence-electron chi connectivity index (χ2n) is 4.20. The number of rotatable bonds is 6. The first-order chi connectivity index (χ1) is 8.81. The summed E-state index contributed by atoms with van der Waals surface area (Å²) in [5.74, 6) is -2.33. The van der Waals surface area contributed by atoms with E-state index in [9.17, 15) is 14.4 Å². The number of hydrogen-bond donors (Lipinski definition) is 2. The van der Waals surface area contributed by atoms with Crippen molar-refractivity contribution < 1.29 is 24.6 Å². The summed E-state index contributed by atoms with van der Waals surface area (Å²) in [6, 6.07) is 4.74. The van der Waals surface area contributed by atoms with Gasteiger partial charge < -0.3 is 15.1 Å². The van der Waals surface area contributed by atoms with E-state index in [0.717, 1.165) is 0 Å². The zero-order valence-electron chi connectivity index (χ0n) is 10.7. The summed E-state index contributed by atoms with van der Waals surface area (Å²) in [6.45, 7) is 2.32. The van der Waals surface area contributed by atoms with E-state index in [4.69, 9.17) is 10.2 Å². The predicted molar refractivity (Wildman–Crippen MR) is 68.7 cm³/mol.